The van der Waals surface area contributed by atoms with E-state index in [1.54, 1.807) is 11.3 Å². The van der Waals surface area contributed by atoms with Crippen LogP contribution in [0.1, 0.15) is 20.8 Å². The van der Waals surface area contributed by atoms with E-state index in [-0.39, 0.29) is 5.54 Å². The normalized spacial score (nSPS) is 13.6. The van der Waals surface area contributed by atoms with Crippen molar-refractivity contribution >= 4 is 16.5 Å². The zero-order chi connectivity index (χ0) is 13.5. The first-order valence-electron chi connectivity index (χ1n) is 6.15. The minimum absolute atomic E-state index is 0.0179. The monoisotopic (exact) mass is 276 g/mol. The van der Waals surface area contributed by atoms with Gasteiger partial charge in [0, 0.05) is 16.5 Å². The average Bonchev–Trinajstić information content (AvgIpc) is 2.93. The molecule has 0 spiro atoms. The molecule has 1 aromatic heterocycles. The fourth-order valence-electron chi connectivity index (χ4n) is 1.84. The molecule has 0 aliphatic carbocycles. The van der Waals surface area contributed by atoms with E-state index in [0.717, 1.165) is 27.9 Å². The minimum Gasteiger partial charge on any atom is -0.454 e. The summed E-state index contributed by atoms with van der Waals surface area (Å²) in [4.78, 5) is 4.60. The molecule has 0 fully saturated rings. The van der Waals surface area contributed by atoms with Crippen LogP contribution in [0.5, 0.6) is 11.5 Å². The molecular formula is C14H16N2O2S. The molecule has 4 nitrogen and oxygen atoms in total. The first kappa shape index (κ1) is 12.3. The van der Waals surface area contributed by atoms with Gasteiger partial charge in [0.25, 0.3) is 0 Å². The summed E-state index contributed by atoms with van der Waals surface area (Å²) in [7, 11) is 0. The van der Waals surface area contributed by atoms with Crippen LogP contribution < -0.4 is 14.8 Å². The van der Waals surface area contributed by atoms with Gasteiger partial charge in [-0.25, -0.2) is 4.98 Å². The lowest BCUT2D eigenvalue weighted by Crippen LogP contribution is -2.25. The van der Waals surface area contributed by atoms with Crippen LogP contribution in [0.25, 0.3) is 11.3 Å². The molecule has 5 heteroatoms. The van der Waals surface area contributed by atoms with Gasteiger partial charge in [0.2, 0.25) is 6.79 Å². The van der Waals surface area contributed by atoms with E-state index in [2.05, 4.69) is 31.1 Å². The Morgan fingerprint density at radius 1 is 1.21 bits per heavy atom. The number of hydrogen-bond acceptors (Lipinski definition) is 5. The van der Waals surface area contributed by atoms with Crippen molar-refractivity contribution < 1.29 is 9.47 Å². The Hall–Kier alpha value is -1.75. The Morgan fingerprint density at radius 3 is 2.79 bits per heavy atom. The van der Waals surface area contributed by atoms with Crippen molar-refractivity contribution in [3.05, 3.63) is 23.6 Å². The predicted octanol–water partition coefficient (Wildman–Crippen LogP) is 3.75. The number of nitrogens with one attached hydrogen (secondary N) is 1. The Labute approximate surface area is 116 Å². The van der Waals surface area contributed by atoms with Gasteiger partial charge in [-0.05, 0) is 39.0 Å². The Balaban J connectivity index is 1.86. The van der Waals surface area contributed by atoms with Crippen molar-refractivity contribution in [2.45, 2.75) is 26.3 Å². The van der Waals surface area contributed by atoms with Gasteiger partial charge in [-0.3, -0.25) is 0 Å². The number of rotatable bonds is 2. The highest BCUT2D eigenvalue weighted by molar-refractivity contribution is 7.14. The Kier molecular flexibility index (Phi) is 2.86. The van der Waals surface area contributed by atoms with Crippen LogP contribution in [0.4, 0.5) is 5.13 Å². The summed E-state index contributed by atoms with van der Waals surface area (Å²) in [5.74, 6) is 1.59. The number of ether oxygens (including phenoxy) is 2. The summed E-state index contributed by atoms with van der Waals surface area (Å²) >= 11 is 1.61. The molecule has 19 heavy (non-hydrogen) atoms. The van der Waals surface area contributed by atoms with Crippen molar-refractivity contribution in [3.63, 3.8) is 0 Å². The summed E-state index contributed by atoms with van der Waals surface area (Å²) in [6, 6.07) is 5.90. The lowest BCUT2D eigenvalue weighted by Gasteiger charge is -2.19. The third-order valence-corrected chi connectivity index (χ3v) is 3.41. The van der Waals surface area contributed by atoms with Crippen LogP contribution in [-0.4, -0.2) is 17.3 Å². The van der Waals surface area contributed by atoms with Crippen LogP contribution in [-0.2, 0) is 0 Å². The molecule has 0 saturated carbocycles. The molecule has 2 heterocycles. The molecule has 0 bridgehead atoms. The fourth-order valence-corrected chi connectivity index (χ4v) is 2.77. The Bertz CT molecular complexity index is 602. The van der Waals surface area contributed by atoms with E-state index in [4.69, 9.17) is 9.47 Å². The van der Waals surface area contributed by atoms with Gasteiger partial charge in [0.1, 0.15) is 0 Å². The van der Waals surface area contributed by atoms with E-state index in [1.165, 1.54) is 0 Å². The summed E-state index contributed by atoms with van der Waals surface area (Å²) in [6.07, 6.45) is 0. The van der Waals surface area contributed by atoms with Crippen LogP contribution in [0, 0.1) is 0 Å². The fraction of sp³-hybridized carbons (Fsp3) is 0.357. The van der Waals surface area contributed by atoms with Crippen molar-refractivity contribution in [2.75, 3.05) is 12.1 Å². The third-order valence-electron chi connectivity index (χ3n) is 2.65. The van der Waals surface area contributed by atoms with E-state index >= 15 is 0 Å². The number of thiazole rings is 1. The second kappa shape index (κ2) is 4.42. The molecule has 1 aromatic carbocycles. The van der Waals surface area contributed by atoms with Gasteiger partial charge < -0.3 is 14.8 Å². The largest absolute Gasteiger partial charge is 0.454 e. The number of nitrogens with zero attached hydrogens (tertiary/aromatic N) is 1. The highest BCUT2D eigenvalue weighted by Gasteiger charge is 2.16. The van der Waals surface area contributed by atoms with Crippen LogP contribution in [0.15, 0.2) is 23.6 Å². The zero-order valence-electron chi connectivity index (χ0n) is 11.2. The molecule has 2 aromatic rings. The summed E-state index contributed by atoms with van der Waals surface area (Å²) in [5, 5.41) is 6.35. The SMILES string of the molecule is CC(C)(C)Nc1nc(-c2ccc3c(c2)OCO3)cs1. The van der Waals surface area contributed by atoms with Gasteiger partial charge >= 0.3 is 0 Å². The van der Waals surface area contributed by atoms with Crippen molar-refractivity contribution in [2.24, 2.45) is 0 Å². The maximum atomic E-state index is 5.39. The van der Waals surface area contributed by atoms with Gasteiger partial charge in [0.15, 0.2) is 16.6 Å². The second-order valence-corrected chi connectivity index (χ2v) is 6.34. The van der Waals surface area contributed by atoms with E-state index in [0.29, 0.717) is 6.79 Å². The number of fused-ring (bicyclic) bond motifs is 1. The molecule has 0 unspecified atom stereocenters. The summed E-state index contributed by atoms with van der Waals surface area (Å²) in [6.45, 7) is 6.66. The van der Waals surface area contributed by atoms with Crippen molar-refractivity contribution in [1.82, 2.24) is 4.98 Å². The molecule has 1 aliphatic heterocycles. The standard InChI is InChI=1S/C14H16N2O2S/c1-14(2,3)16-13-15-10(7-19-13)9-4-5-11-12(6-9)18-8-17-11/h4-7H,8H2,1-3H3,(H,15,16). The van der Waals surface area contributed by atoms with Gasteiger partial charge in [0.05, 0.1) is 5.69 Å². The van der Waals surface area contributed by atoms with E-state index in [9.17, 15) is 0 Å². The summed E-state index contributed by atoms with van der Waals surface area (Å²) in [5.41, 5.74) is 2.02. The first-order chi connectivity index (χ1) is 9.01. The first-order valence-corrected chi connectivity index (χ1v) is 7.03. The van der Waals surface area contributed by atoms with E-state index in [1.807, 2.05) is 23.6 Å². The smallest absolute Gasteiger partial charge is 0.231 e. The molecular weight excluding hydrogens is 260 g/mol. The number of hydrogen-bond donors (Lipinski definition) is 1. The quantitative estimate of drug-likeness (QED) is 0.907. The summed E-state index contributed by atoms with van der Waals surface area (Å²) < 4.78 is 10.7. The van der Waals surface area contributed by atoms with Crippen LogP contribution in [0.2, 0.25) is 0 Å². The molecule has 0 amide bonds. The Morgan fingerprint density at radius 2 is 2.00 bits per heavy atom. The van der Waals surface area contributed by atoms with Crippen LogP contribution >= 0.6 is 11.3 Å². The minimum atomic E-state index is 0.0179. The third kappa shape index (κ3) is 2.66. The molecule has 1 N–H and O–H groups in total. The van der Waals surface area contributed by atoms with Crippen molar-refractivity contribution in [1.29, 1.82) is 0 Å². The van der Waals surface area contributed by atoms with Gasteiger partial charge in [-0.2, -0.15) is 0 Å². The highest BCUT2D eigenvalue weighted by atomic mass is 32.1. The maximum absolute atomic E-state index is 5.39. The number of anilines is 1. The molecule has 3 rings (SSSR count). The molecule has 100 valence electrons. The van der Waals surface area contributed by atoms with Crippen molar-refractivity contribution in [3.8, 4) is 22.8 Å². The molecule has 0 radical (unpaired) electrons. The number of aromatic nitrogens is 1. The molecule has 0 atom stereocenters. The molecule has 1 aliphatic rings. The highest BCUT2D eigenvalue weighted by Crippen LogP contribution is 2.36. The predicted molar refractivity (Wildman–Crippen MR) is 77.0 cm³/mol. The number of benzene rings is 1. The average molecular weight is 276 g/mol. The van der Waals surface area contributed by atoms with Gasteiger partial charge in [-0.15, -0.1) is 11.3 Å². The van der Waals surface area contributed by atoms with E-state index < -0.39 is 0 Å². The maximum Gasteiger partial charge on any atom is 0.231 e. The van der Waals surface area contributed by atoms with Gasteiger partial charge in [-0.1, -0.05) is 0 Å². The lowest BCUT2D eigenvalue weighted by molar-refractivity contribution is 0.174. The molecule has 0 saturated heterocycles. The zero-order valence-corrected chi connectivity index (χ0v) is 12.0. The topological polar surface area (TPSA) is 43.4 Å². The second-order valence-electron chi connectivity index (χ2n) is 5.48. The lowest BCUT2D eigenvalue weighted by atomic mass is 10.1. The van der Waals surface area contributed by atoms with Crippen LogP contribution in [0.3, 0.4) is 0 Å².